The van der Waals surface area contributed by atoms with Crippen LogP contribution >= 0.6 is 0 Å². The van der Waals surface area contributed by atoms with Crippen LogP contribution in [0.15, 0.2) is 42.7 Å². The first-order valence-electron chi connectivity index (χ1n) is 8.05. The van der Waals surface area contributed by atoms with Crippen molar-refractivity contribution < 1.29 is 4.74 Å². The number of piperidine rings is 1. The summed E-state index contributed by atoms with van der Waals surface area (Å²) in [6.45, 7) is 4.30. The van der Waals surface area contributed by atoms with Gasteiger partial charge in [-0.2, -0.15) is 0 Å². The molecule has 0 bridgehead atoms. The minimum absolute atomic E-state index is 0.483. The third-order valence-electron chi connectivity index (χ3n) is 4.60. The van der Waals surface area contributed by atoms with E-state index in [-0.39, 0.29) is 0 Å². The summed E-state index contributed by atoms with van der Waals surface area (Å²) < 4.78 is 5.39. The summed E-state index contributed by atoms with van der Waals surface area (Å²) in [4.78, 5) is 6.80. The summed E-state index contributed by atoms with van der Waals surface area (Å²) in [5.41, 5.74) is 4.02. The second-order valence-corrected chi connectivity index (χ2v) is 6.06. The molecule has 0 radical (unpaired) electrons. The molecule has 1 aromatic carbocycles. The second kappa shape index (κ2) is 6.93. The van der Waals surface area contributed by atoms with Crippen LogP contribution in [0.25, 0.3) is 0 Å². The number of benzene rings is 1. The van der Waals surface area contributed by atoms with Crippen LogP contribution in [-0.2, 0) is 6.54 Å². The van der Waals surface area contributed by atoms with E-state index in [0.717, 1.165) is 18.8 Å². The fourth-order valence-electron chi connectivity index (χ4n) is 3.30. The van der Waals surface area contributed by atoms with Gasteiger partial charge in [0.05, 0.1) is 7.11 Å². The van der Waals surface area contributed by atoms with Gasteiger partial charge < -0.3 is 4.74 Å². The minimum Gasteiger partial charge on any atom is -0.497 e. The van der Waals surface area contributed by atoms with Crippen molar-refractivity contribution >= 4 is 0 Å². The number of hydrogen-bond donors (Lipinski definition) is 0. The molecule has 0 unspecified atom stereocenters. The molecule has 0 amide bonds. The molecule has 22 heavy (non-hydrogen) atoms. The fraction of sp³-hybridized carbons (Fsp3) is 0.421. The summed E-state index contributed by atoms with van der Waals surface area (Å²) in [5.74, 6) is 0.947. The number of aromatic nitrogens is 1. The van der Waals surface area contributed by atoms with Crippen LogP contribution < -0.4 is 4.74 Å². The Morgan fingerprint density at radius 3 is 3.00 bits per heavy atom. The summed E-state index contributed by atoms with van der Waals surface area (Å²) in [6.07, 6.45) is 7.66. The molecule has 1 aliphatic rings. The van der Waals surface area contributed by atoms with E-state index in [1.807, 2.05) is 18.5 Å². The van der Waals surface area contributed by atoms with E-state index in [1.54, 1.807) is 7.11 Å². The molecule has 1 aliphatic heterocycles. The summed E-state index contributed by atoms with van der Waals surface area (Å²) in [6, 6.07) is 11.2. The molecular weight excluding hydrogens is 272 g/mol. The van der Waals surface area contributed by atoms with Crippen molar-refractivity contribution in [1.82, 2.24) is 9.88 Å². The van der Waals surface area contributed by atoms with Crippen LogP contribution in [0.4, 0.5) is 0 Å². The Morgan fingerprint density at radius 1 is 1.27 bits per heavy atom. The summed E-state index contributed by atoms with van der Waals surface area (Å²) >= 11 is 0. The number of hydrogen-bond acceptors (Lipinski definition) is 3. The standard InChI is InChI=1S/C19H24N2O/c1-15-13-20-10-9-17(15)14-21-11-4-3-8-19(21)16-6-5-7-18(12-16)22-2/h5-7,9-10,12-13,19H,3-4,8,11,14H2,1-2H3/t19-/m0/s1. The van der Waals surface area contributed by atoms with E-state index in [4.69, 9.17) is 4.74 Å². The minimum atomic E-state index is 0.483. The number of aryl methyl sites for hydroxylation is 1. The summed E-state index contributed by atoms with van der Waals surface area (Å²) in [7, 11) is 1.73. The lowest BCUT2D eigenvalue weighted by Crippen LogP contribution is -2.33. The number of methoxy groups -OCH3 is 1. The Bertz CT molecular complexity index is 626. The van der Waals surface area contributed by atoms with Crippen molar-refractivity contribution in [2.75, 3.05) is 13.7 Å². The Labute approximate surface area is 132 Å². The molecule has 116 valence electrons. The molecule has 0 aliphatic carbocycles. The van der Waals surface area contributed by atoms with E-state index < -0.39 is 0 Å². The highest BCUT2D eigenvalue weighted by molar-refractivity contribution is 5.31. The first-order chi connectivity index (χ1) is 10.8. The lowest BCUT2D eigenvalue weighted by Gasteiger charge is -2.36. The molecule has 3 rings (SSSR count). The van der Waals surface area contributed by atoms with E-state index in [1.165, 1.54) is 36.0 Å². The van der Waals surface area contributed by atoms with Crippen LogP contribution in [0, 0.1) is 6.92 Å². The maximum Gasteiger partial charge on any atom is 0.119 e. The highest BCUT2D eigenvalue weighted by atomic mass is 16.5. The Hall–Kier alpha value is -1.87. The number of likely N-dealkylation sites (tertiary alicyclic amines) is 1. The van der Waals surface area contributed by atoms with E-state index in [9.17, 15) is 0 Å². The first-order valence-corrected chi connectivity index (χ1v) is 8.05. The second-order valence-electron chi connectivity index (χ2n) is 6.06. The van der Waals surface area contributed by atoms with Gasteiger partial charge in [-0.1, -0.05) is 18.6 Å². The quantitative estimate of drug-likeness (QED) is 0.848. The largest absolute Gasteiger partial charge is 0.497 e. The smallest absolute Gasteiger partial charge is 0.119 e. The topological polar surface area (TPSA) is 25.4 Å². The number of nitrogens with zero attached hydrogens (tertiary/aromatic N) is 2. The van der Waals surface area contributed by atoms with Gasteiger partial charge in [-0.05, 0) is 61.2 Å². The van der Waals surface area contributed by atoms with Gasteiger partial charge in [0.15, 0.2) is 0 Å². The van der Waals surface area contributed by atoms with Crippen molar-refractivity contribution in [3.8, 4) is 5.75 Å². The average Bonchev–Trinajstić information content (AvgIpc) is 2.57. The van der Waals surface area contributed by atoms with Gasteiger partial charge in [0, 0.05) is 25.0 Å². The van der Waals surface area contributed by atoms with Gasteiger partial charge in [-0.15, -0.1) is 0 Å². The predicted octanol–water partition coefficient (Wildman–Crippen LogP) is 4.13. The van der Waals surface area contributed by atoms with E-state index >= 15 is 0 Å². The van der Waals surface area contributed by atoms with Crippen molar-refractivity contribution in [3.05, 3.63) is 59.4 Å². The van der Waals surface area contributed by atoms with Gasteiger partial charge in [0.2, 0.25) is 0 Å². The van der Waals surface area contributed by atoms with Gasteiger partial charge in [-0.3, -0.25) is 9.88 Å². The molecule has 3 nitrogen and oxygen atoms in total. The Balaban J connectivity index is 1.83. The van der Waals surface area contributed by atoms with Crippen LogP contribution in [0.5, 0.6) is 5.75 Å². The molecule has 0 saturated carbocycles. The third kappa shape index (κ3) is 3.30. The van der Waals surface area contributed by atoms with Crippen molar-refractivity contribution in [2.45, 2.75) is 38.8 Å². The van der Waals surface area contributed by atoms with Crippen molar-refractivity contribution in [2.24, 2.45) is 0 Å². The molecule has 1 aromatic heterocycles. The van der Waals surface area contributed by atoms with Crippen molar-refractivity contribution in [1.29, 1.82) is 0 Å². The molecule has 2 aromatic rings. The Morgan fingerprint density at radius 2 is 2.18 bits per heavy atom. The molecule has 1 atom stereocenters. The molecule has 1 saturated heterocycles. The maximum atomic E-state index is 5.39. The highest BCUT2D eigenvalue weighted by Gasteiger charge is 2.24. The van der Waals surface area contributed by atoms with Gasteiger partial charge in [0.1, 0.15) is 5.75 Å². The third-order valence-corrected chi connectivity index (χ3v) is 4.60. The van der Waals surface area contributed by atoms with Crippen LogP contribution in [0.3, 0.4) is 0 Å². The Kier molecular flexibility index (Phi) is 4.74. The zero-order valence-corrected chi connectivity index (χ0v) is 13.5. The van der Waals surface area contributed by atoms with Gasteiger partial charge >= 0.3 is 0 Å². The molecule has 2 heterocycles. The lowest BCUT2D eigenvalue weighted by molar-refractivity contribution is 0.140. The van der Waals surface area contributed by atoms with E-state index in [2.05, 4.69) is 41.1 Å². The number of ether oxygens (including phenoxy) is 1. The zero-order valence-electron chi connectivity index (χ0n) is 13.5. The molecule has 3 heteroatoms. The van der Waals surface area contributed by atoms with Crippen LogP contribution in [0.2, 0.25) is 0 Å². The lowest BCUT2D eigenvalue weighted by atomic mass is 9.94. The highest BCUT2D eigenvalue weighted by Crippen LogP contribution is 2.33. The SMILES string of the molecule is COc1cccc([C@@H]2CCCCN2Cc2ccncc2C)c1. The van der Waals surface area contributed by atoms with Crippen molar-refractivity contribution in [3.63, 3.8) is 0 Å². The number of rotatable bonds is 4. The molecule has 1 fully saturated rings. The normalized spacial score (nSPS) is 19.1. The first kappa shape index (κ1) is 15.0. The monoisotopic (exact) mass is 296 g/mol. The zero-order chi connectivity index (χ0) is 15.4. The average molecular weight is 296 g/mol. The van der Waals surface area contributed by atoms with Gasteiger partial charge in [0.25, 0.3) is 0 Å². The molecule has 0 spiro atoms. The van der Waals surface area contributed by atoms with Crippen LogP contribution in [-0.4, -0.2) is 23.5 Å². The van der Waals surface area contributed by atoms with Crippen LogP contribution in [0.1, 0.15) is 42.0 Å². The van der Waals surface area contributed by atoms with E-state index in [0.29, 0.717) is 6.04 Å². The van der Waals surface area contributed by atoms with Gasteiger partial charge in [-0.25, -0.2) is 0 Å². The summed E-state index contributed by atoms with van der Waals surface area (Å²) in [5, 5.41) is 0. The fourth-order valence-corrected chi connectivity index (χ4v) is 3.30. The maximum absolute atomic E-state index is 5.39. The molecule has 0 N–H and O–H groups in total. The number of pyridine rings is 1. The predicted molar refractivity (Wildman–Crippen MR) is 89.0 cm³/mol. The molecular formula is C19H24N2O.